The van der Waals surface area contributed by atoms with Gasteiger partial charge in [-0.05, 0) is 48.0 Å². The molecule has 0 aliphatic carbocycles. The molecule has 0 radical (unpaired) electrons. The van der Waals surface area contributed by atoms with E-state index in [0.717, 1.165) is 18.7 Å². The van der Waals surface area contributed by atoms with Crippen LogP contribution in [0.15, 0.2) is 16.0 Å². The van der Waals surface area contributed by atoms with Crippen LogP contribution in [0.3, 0.4) is 0 Å². The topological polar surface area (TPSA) is 42.7 Å². The van der Waals surface area contributed by atoms with Gasteiger partial charge >= 0.3 is 0 Å². The van der Waals surface area contributed by atoms with Crippen molar-refractivity contribution in [2.24, 2.45) is 0 Å². The van der Waals surface area contributed by atoms with Crippen LogP contribution in [0.2, 0.25) is 0 Å². The largest absolute Gasteiger partial charge is 0.307 e. The minimum Gasteiger partial charge on any atom is -0.307 e. The molecule has 0 aliphatic heterocycles. The van der Waals surface area contributed by atoms with Crippen LogP contribution in [0.4, 0.5) is 0 Å². The lowest BCUT2D eigenvalue weighted by molar-refractivity contribution is 0.526. The minimum atomic E-state index is 0.154. The molecule has 0 spiro atoms. The zero-order valence-electron chi connectivity index (χ0n) is 10.8. The summed E-state index contributed by atoms with van der Waals surface area (Å²) in [5, 5.41) is 11.5. The molecule has 1 N–H and O–H groups in total. The number of hydrogen-bond donors (Lipinski definition) is 1. The summed E-state index contributed by atoms with van der Waals surface area (Å²) in [7, 11) is 1.97. The van der Waals surface area contributed by atoms with Crippen molar-refractivity contribution >= 4 is 27.3 Å². The van der Waals surface area contributed by atoms with E-state index in [9.17, 15) is 0 Å². The Morgan fingerprint density at radius 2 is 2.33 bits per heavy atom. The van der Waals surface area contributed by atoms with Gasteiger partial charge in [0, 0.05) is 11.4 Å². The molecule has 0 aromatic carbocycles. The van der Waals surface area contributed by atoms with Crippen LogP contribution >= 0.6 is 27.3 Å². The van der Waals surface area contributed by atoms with E-state index in [2.05, 4.69) is 51.5 Å². The van der Waals surface area contributed by atoms with Crippen LogP contribution in [0.25, 0.3) is 0 Å². The van der Waals surface area contributed by atoms with Gasteiger partial charge in [-0.15, -0.1) is 16.4 Å². The van der Waals surface area contributed by atoms with Crippen LogP contribution in [-0.4, -0.2) is 22.0 Å². The number of aryl methyl sites for hydroxylation is 2. The highest BCUT2D eigenvalue weighted by molar-refractivity contribution is 9.11. The number of nitrogens with zero attached hydrogens (tertiary/aromatic N) is 3. The highest BCUT2D eigenvalue weighted by Gasteiger charge is 2.19. The number of rotatable bonds is 5. The third-order valence-electron chi connectivity index (χ3n) is 2.83. The molecule has 98 valence electrons. The van der Waals surface area contributed by atoms with Crippen LogP contribution < -0.4 is 5.32 Å². The lowest BCUT2D eigenvalue weighted by atomic mass is 10.1. The van der Waals surface area contributed by atoms with Crippen molar-refractivity contribution < 1.29 is 0 Å². The number of thiophene rings is 1. The van der Waals surface area contributed by atoms with E-state index in [4.69, 9.17) is 0 Å². The van der Waals surface area contributed by atoms with E-state index >= 15 is 0 Å². The molecule has 0 saturated carbocycles. The molecule has 4 nitrogen and oxygen atoms in total. The molecule has 2 aromatic heterocycles. The molecule has 1 atom stereocenters. The molecule has 0 amide bonds. The van der Waals surface area contributed by atoms with Gasteiger partial charge in [-0.1, -0.05) is 12.1 Å². The molecule has 0 fully saturated rings. The summed E-state index contributed by atoms with van der Waals surface area (Å²) in [5.41, 5.74) is 2.39. The van der Waals surface area contributed by atoms with E-state index in [-0.39, 0.29) is 6.04 Å². The average molecular weight is 329 g/mol. The van der Waals surface area contributed by atoms with Gasteiger partial charge < -0.3 is 5.32 Å². The van der Waals surface area contributed by atoms with Gasteiger partial charge in [0.15, 0.2) is 0 Å². The maximum Gasteiger partial charge on any atom is 0.0856 e. The van der Waals surface area contributed by atoms with Crippen molar-refractivity contribution in [3.05, 3.63) is 32.2 Å². The van der Waals surface area contributed by atoms with Gasteiger partial charge in [-0.25, -0.2) is 4.68 Å². The third-order valence-corrected chi connectivity index (χ3v) is 5.03. The normalized spacial score (nSPS) is 12.9. The predicted molar refractivity (Wildman–Crippen MR) is 78.0 cm³/mol. The van der Waals surface area contributed by atoms with Crippen LogP contribution in [0.1, 0.15) is 35.5 Å². The summed E-state index contributed by atoms with van der Waals surface area (Å²) in [5.74, 6) is 0. The fourth-order valence-corrected chi connectivity index (χ4v) is 3.63. The quantitative estimate of drug-likeness (QED) is 0.916. The van der Waals surface area contributed by atoms with Gasteiger partial charge in [-0.2, -0.15) is 0 Å². The van der Waals surface area contributed by atoms with Crippen LogP contribution in [0, 0.1) is 6.92 Å². The second-order valence-corrected chi connectivity index (χ2v) is 6.61. The molecule has 2 heterocycles. The molecule has 1 unspecified atom stereocenters. The summed E-state index contributed by atoms with van der Waals surface area (Å²) in [6.45, 7) is 5.16. The van der Waals surface area contributed by atoms with Crippen molar-refractivity contribution in [1.82, 2.24) is 20.3 Å². The van der Waals surface area contributed by atoms with Crippen molar-refractivity contribution in [1.29, 1.82) is 0 Å². The lowest BCUT2D eigenvalue weighted by Gasteiger charge is -2.15. The first-order chi connectivity index (χ1) is 8.67. The number of hydrogen-bond acceptors (Lipinski definition) is 4. The van der Waals surface area contributed by atoms with Crippen LogP contribution in [0.5, 0.6) is 0 Å². The minimum absolute atomic E-state index is 0.154. The number of aromatic nitrogens is 3. The molecular formula is C12H17BrN4S. The second-order valence-electron chi connectivity index (χ2n) is 4.21. The Labute approximate surface area is 120 Å². The maximum atomic E-state index is 4.15. The summed E-state index contributed by atoms with van der Waals surface area (Å²) in [4.78, 5) is 1.28. The highest BCUT2D eigenvalue weighted by atomic mass is 79.9. The summed E-state index contributed by atoms with van der Waals surface area (Å²) in [6, 6.07) is 2.36. The monoisotopic (exact) mass is 328 g/mol. The van der Waals surface area contributed by atoms with Gasteiger partial charge in [0.1, 0.15) is 0 Å². The lowest BCUT2D eigenvalue weighted by Crippen LogP contribution is -2.20. The van der Waals surface area contributed by atoms with Gasteiger partial charge in [0.25, 0.3) is 0 Å². The number of nitrogens with one attached hydrogen (secondary N) is 1. The van der Waals surface area contributed by atoms with Gasteiger partial charge in [-0.3, -0.25) is 0 Å². The Hall–Kier alpha value is -0.720. The maximum absolute atomic E-state index is 4.15. The predicted octanol–water partition coefficient (Wildman–Crippen LogP) is 3.13. The summed E-state index contributed by atoms with van der Waals surface area (Å²) >= 11 is 5.34. The smallest absolute Gasteiger partial charge is 0.0856 e. The molecule has 0 bridgehead atoms. The van der Waals surface area contributed by atoms with E-state index < -0.39 is 0 Å². The van der Waals surface area contributed by atoms with Gasteiger partial charge in [0.2, 0.25) is 0 Å². The summed E-state index contributed by atoms with van der Waals surface area (Å²) in [6.07, 6.45) is 2.90. The van der Waals surface area contributed by atoms with Gasteiger partial charge in [0.05, 0.1) is 21.7 Å². The van der Waals surface area contributed by atoms with E-state index in [1.807, 2.05) is 17.9 Å². The molecule has 2 rings (SSSR count). The molecule has 2 aromatic rings. The van der Waals surface area contributed by atoms with Crippen molar-refractivity contribution in [3.8, 4) is 0 Å². The van der Waals surface area contributed by atoms with E-state index in [0.29, 0.717) is 0 Å². The van der Waals surface area contributed by atoms with E-state index in [1.54, 1.807) is 11.3 Å². The highest BCUT2D eigenvalue weighted by Crippen LogP contribution is 2.33. The van der Waals surface area contributed by atoms with E-state index in [1.165, 1.54) is 14.2 Å². The number of halogens is 1. The zero-order chi connectivity index (χ0) is 13.1. The Morgan fingerprint density at radius 3 is 2.89 bits per heavy atom. The fourth-order valence-electron chi connectivity index (χ4n) is 1.94. The SMILES string of the molecule is CCCn1nncc1C(NC)c1cc(C)c(Br)s1. The van der Waals surface area contributed by atoms with Crippen molar-refractivity contribution in [2.45, 2.75) is 32.9 Å². The summed E-state index contributed by atoms with van der Waals surface area (Å²) < 4.78 is 3.16. The first-order valence-electron chi connectivity index (χ1n) is 5.98. The Balaban J connectivity index is 2.35. The zero-order valence-corrected chi connectivity index (χ0v) is 13.2. The average Bonchev–Trinajstić information content (AvgIpc) is 2.90. The Bertz CT molecular complexity index is 500. The van der Waals surface area contributed by atoms with Crippen molar-refractivity contribution in [2.75, 3.05) is 7.05 Å². The molecule has 0 saturated heterocycles. The Kier molecular flexibility index (Phi) is 4.53. The first kappa shape index (κ1) is 13.7. The molecule has 6 heteroatoms. The molecule has 18 heavy (non-hydrogen) atoms. The first-order valence-corrected chi connectivity index (χ1v) is 7.59. The van der Waals surface area contributed by atoms with Crippen molar-refractivity contribution in [3.63, 3.8) is 0 Å². The van der Waals surface area contributed by atoms with Crippen LogP contribution in [-0.2, 0) is 6.54 Å². The molecular weight excluding hydrogens is 312 g/mol. The Morgan fingerprint density at radius 1 is 1.56 bits per heavy atom. The molecule has 0 aliphatic rings. The fraction of sp³-hybridized carbons (Fsp3) is 0.500. The standard InChI is InChI=1S/C12H17BrN4S/c1-4-5-17-9(7-15-16-17)11(14-3)10-6-8(2)12(13)18-10/h6-7,11,14H,4-5H2,1-3H3. The third kappa shape index (κ3) is 2.65. The second kappa shape index (κ2) is 5.95.